The standard InChI is InChI=1S/C12H18N6O/c1-8-7-9(2)18-12(15-8)16-10(17-18)11(19)14-6-4-3-5-13/h7H,3-6,13H2,1-2H3,(H,14,19). The number of hydrogen-bond acceptors (Lipinski definition) is 5. The molecule has 0 aliphatic heterocycles. The molecule has 0 atom stereocenters. The van der Waals surface area contributed by atoms with E-state index in [4.69, 9.17) is 5.73 Å². The summed E-state index contributed by atoms with van der Waals surface area (Å²) in [5, 5.41) is 6.93. The monoisotopic (exact) mass is 262 g/mol. The normalized spacial score (nSPS) is 10.9. The maximum Gasteiger partial charge on any atom is 0.291 e. The zero-order chi connectivity index (χ0) is 13.8. The van der Waals surface area contributed by atoms with Crippen molar-refractivity contribution < 1.29 is 4.79 Å². The van der Waals surface area contributed by atoms with E-state index in [9.17, 15) is 4.79 Å². The van der Waals surface area contributed by atoms with Crippen molar-refractivity contribution in [3.63, 3.8) is 0 Å². The fraction of sp³-hybridized carbons (Fsp3) is 0.500. The van der Waals surface area contributed by atoms with Gasteiger partial charge in [-0.05, 0) is 39.3 Å². The Labute approximate surface area is 111 Å². The van der Waals surface area contributed by atoms with E-state index < -0.39 is 0 Å². The van der Waals surface area contributed by atoms with E-state index >= 15 is 0 Å². The van der Waals surface area contributed by atoms with E-state index in [2.05, 4.69) is 20.4 Å². The Kier molecular flexibility index (Phi) is 4.06. The first-order valence-corrected chi connectivity index (χ1v) is 6.31. The Morgan fingerprint density at radius 1 is 1.37 bits per heavy atom. The van der Waals surface area contributed by atoms with Crippen molar-refractivity contribution in [2.24, 2.45) is 5.73 Å². The molecule has 0 unspecified atom stereocenters. The third-order valence-corrected chi connectivity index (χ3v) is 2.74. The number of amides is 1. The second-order valence-electron chi connectivity index (χ2n) is 4.44. The summed E-state index contributed by atoms with van der Waals surface area (Å²) in [7, 11) is 0. The van der Waals surface area contributed by atoms with Crippen LogP contribution < -0.4 is 11.1 Å². The lowest BCUT2D eigenvalue weighted by Crippen LogP contribution is -2.26. The molecule has 2 heterocycles. The molecule has 2 aromatic heterocycles. The minimum Gasteiger partial charge on any atom is -0.349 e. The predicted molar refractivity (Wildman–Crippen MR) is 70.9 cm³/mol. The number of aryl methyl sites for hydroxylation is 2. The molecule has 19 heavy (non-hydrogen) atoms. The molecule has 2 aromatic rings. The van der Waals surface area contributed by atoms with E-state index in [0.29, 0.717) is 18.9 Å². The van der Waals surface area contributed by atoms with Crippen LogP contribution in [0.3, 0.4) is 0 Å². The summed E-state index contributed by atoms with van der Waals surface area (Å²) in [6.07, 6.45) is 1.74. The summed E-state index contributed by atoms with van der Waals surface area (Å²) < 4.78 is 1.57. The molecule has 0 aromatic carbocycles. The average molecular weight is 262 g/mol. The van der Waals surface area contributed by atoms with Gasteiger partial charge >= 0.3 is 0 Å². The van der Waals surface area contributed by atoms with Gasteiger partial charge in [0.1, 0.15) is 0 Å². The van der Waals surface area contributed by atoms with Gasteiger partial charge in [-0.25, -0.2) is 9.50 Å². The summed E-state index contributed by atoms with van der Waals surface area (Å²) in [4.78, 5) is 20.2. The number of rotatable bonds is 5. The number of nitrogens with one attached hydrogen (secondary N) is 1. The van der Waals surface area contributed by atoms with Crippen LogP contribution in [-0.2, 0) is 0 Å². The van der Waals surface area contributed by atoms with E-state index in [1.54, 1.807) is 4.52 Å². The SMILES string of the molecule is Cc1cc(C)n2nc(C(=O)NCCCCN)nc2n1. The lowest BCUT2D eigenvalue weighted by molar-refractivity contribution is 0.0943. The minimum atomic E-state index is -0.278. The first-order chi connectivity index (χ1) is 9.11. The Morgan fingerprint density at radius 2 is 2.16 bits per heavy atom. The van der Waals surface area contributed by atoms with Crippen LogP contribution in [0.5, 0.6) is 0 Å². The Balaban J connectivity index is 2.12. The number of unbranched alkanes of at least 4 members (excludes halogenated alkanes) is 1. The van der Waals surface area contributed by atoms with Gasteiger partial charge in [-0.3, -0.25) is 4.79 Å². The maximum atomic E-state index is 11.9. The molecule has 7 heteroatoms. The molecule has 0 aliphatic carbocycles. The molecule has 0 aliphatic rings. The maximum absolute atomic E-state index is 11.9. The summed E-state index contributed by atoms with van der Waals surface area (Å²) >= 11 is 0. The van der Waals surface area contributed by atoms with Gasteiger partial charge in [0.2, 0.25) is 5.82 Å². The molecule has 0 saturated carbocycles. The molecular formula is C12H18N6O. The van der Waals surface area contributed by atoms with E-state index in [1.165, 1.54) is 0 Å². The van der Waals surface area contributed by atoms with Gasteiger partial charge in [0.05, 0.1) is 0 Å². The number of aromatic nitrogens is 4. The second-order valence-corrected chi connectivity index (χ2v) is 4.44. The minimum absolute atomic E-state index is 0.147. The van der Waals surface area contributed by atoms with E-state index in [-0.39, 0.29) is 11.7 Å². The molecule has 0 bridgehead atoms. The smallest absolute Gasteiger partial charge is 0.291 e. The molecule has 0 spiro atoms. The largest absolute Gasteiger partial charge is 0.349 e. The number of hydrogen-bond donors (Lipinski definition) is 2. The van der Waals surface area contributed by atoms with Gasteiger partial charge in [0.15, 0.2) is 0 Å². The molecule has 0 fully saturated rings. The Hall–Kier alpha value is -2.02. The molecule has 0 saturated heterocycles. The van der Waals surface area contributed by atoms with Crippen LogP contribution in [0.4, 0.5) is 0 Å². The number of carbonyl (C=O) groups excluding carboxylic acids is 1. The van der Waals surface area contributed by atoms with Crippen LogP contribution in [0.25, 0.3) is 5.78 Å². The molecule has 2 rings (SSSR count). The fourth-order valence-corrected chi connectivity index (χ4v) is 1.81. The quantitative estimate of drug-likeness (QED) is 0.751. The van der Waals surface area contributed by atoms with Crippen molar-refractivity contribution >= 4 is 11.7 Å². The summed E-state index contributed by atoms with van der Waals surface area (Å²) in [6.45, 7) is 5.00. The second kappa shape index (κ2) is 5.75. The fourth-order valence-electron chi connectivity index (χ4n) is 1.81. The summed E-state index contributed by atoms with van der Waals surface area (Å²) in [5.41, 5.74) is 7.14. The topological polar surface area (TPSA) is 98.2 Å². The van der Waals surface area contributed by atoms with Crippen molar-refractivity contribution in [1.29, 1.82) is 0 Å². The molecule has 7 nitrogen and oxygen atoms in total. The zero-order valence-electron chi connectivity index (χ0n) is 11.2. The highest BCUT2D eigenvalue weighted by Crippen LogP contribution is 2.05. The van der Waals surface area contributed by atoms with Crippen molar-refractivity contribution in [2.75, 3.05) is 13.1 Å². The van der Waals surface area contributed by atoms with Crippen molar-refractivity contribution in [1.82, 2.24) is 24.9 Å². The lowest BCUT2D eigenvalue weighted by atomic mass is 10.3. The molecular weight excluding hydrogens is 244 g/mol. The van der Waals surface area contributed by atoms with E-state index in [1.807, 2.05) is 19.9 Å². The van der Waals surface area contributed by atoms with Gasteiger partial charge in [-0.2, -0.15) is 4.98 Å². The number of fused-ring (bicyclic) bond motifs is 1. The van der Waals surface area contributed by atoms with Gasteiger partial charge < -0.3 is 11.1 Å². The number of nitrogens with two attached hydrogens (primary N) is 1. The summed E-state index contributed by atoms with van der Waals surface area (Å²) in [5.74, 6) is 0.318. The van der Waals surface area contributed by atoms with Crippen molar-refractivity contribution in [3.05, 3.63) is 23.3 Å². The highest BCUT2D eigenvalue weighted by Gasteiger charge is 2.14. The number of carbonyl (C=O) groups is 1. The first kappa shape index (κ1) is 13.4. The van der Waals surface area contributed by atoms with Crippen molar-refractivity contribution in [2.45, 2.75) is 26.7 Å². The highest BCUT2D eigenvalue weighted by atomic mass is 16.2. The average Bonchev–Trinajstić information content (AvgIpc) is 2.78. The highest BCUT2D eigenvalue weighted by molar-refractivity contribution is 5.90. The molecule has 3 N–H and O–H groups in total. The van der Waals surface area contributed by atoms with Gasteiger partial charge in [0, 0.05) is 17.9 Å². The zero-order valence-corrected chi connectivity index (χ0v) is 11.2. The van der Waals surface area contributed by atoms with Gasteiger partial charge in [0.25, 0.3) is 11.7 Å². The van der Waals surface area contributed by atoms with Crippen LogP contribution >= 0.6 is 0 Å². The Bertz CT molecular complexity index is 591. The number of nitrogens with zero attached hydrogens (tertiary/aromatic N) is 4. The van der Waals surface area contributed by atoms with Crippen LogP contribution in [0, 0.1) is 13.8 Å². The molecule has 102 valence electrons. The third-order valence-electron chi connectivity index (χ3n) is 2.74. The van der Waals surface area contributed by atoms with Crippen LogP contribution in [0.1, 0.15) is 34.8 Å². The predicted octanol–water partition coefficient (Wildman–Crippen LogP) is 0.210. The first-order valence-electron chi connectivity index (χ1n) is 6.31. The third kappa shape index (κ3) is 3.05. The van der Waals surface area contributed by atoms with Crippen LogP contribution in [-0.4, -0.2) is 38.6 Å². The molecule has 0 radical (unpaired) electrons. The summed E-state index contributed by atoms with van der Waals surface area (Å²) in [6, 6.07) is 1.89. The van der Waals surface area contributed by atoms with Crippen LogP contribution in [0.15, 0.2) is 6.07 Å². The van der Waals surface area contributed by atoms with Crippen LogP contribution in [0.2, 0.25) is 0 Å². The van der Waals surface area contributed by atoms with Gasteiger partial charge in [-0.15, -0.1) is 5.10 Å². The Morgan fingerprint density at radius 3 is 2.89 bits per heavy atom. The van der Waals surface area contributed by atoms with Gasteiger partial charge in [-0.1, -0.05) is 0 Å². The lowest BCUT2D eigenvalue weighted by Gasteiger charge is -2.00. The van der Waals surface area contributed by atoms with Crippen molar-refractivity contribution in [3.8, 4) is 0 Å². The van der Waals surface area contributed by atoms with E-state index in [0.717, 1.165) is 24.2 Å². The molecule has 1 amide bonds.